The van der Waals surface area contributed by atoms with E-state index in [1.807, 2.05) is 9.36 Å². The van der Waals surface area contributed by atoms with Crippen molar-refractivity contribution in [3.8, 4) is 33.6 Å². The molecule has 0 unspecified atom stereocenters. The maximum Gasteiger partial charge on any atom is 2.00 e. The minimum absolute atomic E-state index is 0. The van der Waals surface area contributed by atoms with Crippen LogP contribution in [0.2, 0.25) is 0 Å². The van der Waals surface area contributed by atoms with Crippen LogP contribution in [0, 0.1) is 12.1 Å². The molecule has 0 saturated heterocycles. The molecule has 5 heteroatoms. The Bertz CT molecular complexity index is 1800. The van der Waals surface area contributed by atoms with Gasteiger partial charge in [-0.2, -0.15) is 57.7 Å². The summed E-state index contributed by atoms with van der Waals surface area (Å²) in [6.45, 7) is 13.7. The second-order valence-corrected chi connectivity index (χ2v) is 13.2. The zero-order chi connectivity index (χ0) is 30.0. The molecular formula is C39H36N4Pt. The summed E-state index contributed by atoms with van der Waals surface area (Å²) in [5, 5.41) is 10.7. The Morgan fingerprint density at radius 3 is 1.27 bits per heavy atom. The van der Waals surface area contributed by atoms with Crippen molar-refractivity contribution >= 4 is 0 Å². The van der Waals surface area contributed by atoms with Crippen molar-refractivity contribution in [2.45, 2.75) is 57.8 Å². The molecular weight excluding hydrogens is 720 g/mol. The Kier molecular flexibility index (Phi) is 7.41. The third kappa shape index (κ3) is 4.72. The van der Waals surface area contributed by atoms with E-state index in [0.717, 1.165) is 56.1 Å². The number of benzene rings is 4. The molecule has 222 valence electrons. The average molecular weight is 756 g/mol. The van der Waals surface area contributed by atoms with Crippen LogP contribution in [0.4, 0.5) is 0 Å². The molecule has 0 N–H and O–H groups in total. The molecule has 6 aromatic rings. The molecule has 4 aromatic carbocycles. The van der Waals surface area contributed by atoms with Crippen molar-refractivity contribution in [2.24, 2.45) is 0 Å². The SMILES string of the molecule is CC1(C)c2[c-]c(ccc2)-n2cc(-c3ccccc3)c(n2)C(C)(C)C(C)(C)c2nn(cc2-c2ccccc2)-c2[c-]c1ccc2.[Pt+2]. The first-order valence-electron chi connectivity index (χ1n) is 14.9. The van der Waals surface area contributed by atoms with E-state index >= 15 is 0 Å². The number of aromatic nitrogens is 4. The molecule has 1 aliphatic heterocycles. The van der Waals surface area contributed by atoms with Crippen molar-refractivity contribution < 1.29 is 21.1 Å². The van der Waals surface area contributed by atoms with Crippen molar-refractivity contribution in [1.29, 1.82) is 0 Å². The van der Waals surface area contributed by atoms with Gasteiger partial charge in [0.05, 0.1) is 11.4 Å². The second-order valence-electron chi connectivity index (χ2n) is 13.2. The monoisotopic (exact) mass is 755 g/mol. The van der Waals surface area contributed by atoms with Gasteiger partial charge in [-0.3, -0.25) is 9.36 Å². The Morgan fingerprint density at radius 2 is 0.886 bits per heavy atom. The first-order chi connectivity index (χ1) is 20.6. The van der Waals surface area contributed by atoms with Gasteiger partial charge in [0, 0.05) is 34.4 Å². The van der Waals surface area contributed by atoms with Crippen LogP contribution in [0.5, 0.6) is 0 Å². The van der Waals surface area contributed by atoms with E-state index in [1.54, 1.807) is 0 Å². The van der Waals surface area contributed by atoms with Gasteiger partial charge >= 0.3 is 21.1 Å². The fourth-order valence-electron chi connectivity index (χ4n) is 6.22. The van der Waals surface area contributed by atoms with Gasteiger partial charge in [-0.05, 0) is 27.9 Å². The van der Waals surface area contributed by atoms with Crippen LogP contribution < -0.4 is 0 Å². The zero-order valence-corrected chi connectivity index (χ0v) is 28.3. The summed E-state index contributed by atoms with van der Waals surface area (Å²) in [6, 6.07) is 41.3. The summed E-state index contributed by atoms with van der Waals surface area (Å²) in [4.78, 5) is 0. The number of fused-ring (bicyclic) bond motifs is 10. The quantitative estimate of drug-likeness (QED) is 0.166. The molecule has 0 saturated carbocycles. The van der Waals surface area contributed by atoms with E-state index in [0.29, 0.717) is 0 Å². The van der Waals surface area contributed by atoms with Gasteiger partial charge in [0.2, 0.25) is 0 Å². The Morgan fingerprint density at radius 1 is 0.500 bits per heavy atom. The van der Waals surface area contributed by atoms with Crippen LogP contribution in [0.15, 0.2) is 109 Å². The zero-order valence-electron chi connectivity index (χ0n) is 26.0. The molecule has 2 aromatic heterocycles. The van der Waals surface area contributed by atoms with E-state index in [1.165, 1.54) is 0 Å². The first kappa shape index (κ1) is 30.0. The molecule has 0 spiro atoms. The average Bonchev–Trinajstić information content (AvgIpc) is 3.69. The van der Waals surface area contributed by atoms with Crippen molar-refractivity contribution in [3.05, 3.63) is 144 Å². The normalized spacial score (nSPS) is 15.9. The topological polar surface area (TPSA) is 35.6 Å². The molecule has 7 rings (SSSR count). The van der Waals surface area contributed by atoms with Crippen molar-refractivity contribution in [3.63, 3.8) is 0 Å². The fraction of sp³-hybridized carbons (Fsp3) is 0.231. The van der Waals surface area contributed by atoms with Gasteiger partial charge in [0.25, 0.3) is 0 Å². The summed E-state index contributed by atoms with van der Waals surface area (Å²) < 4.78 is 4.01. The van der Waals surface area contributed by atoms with Gasteiger partial charge in [-0.15, -0.1) is 12.1 Å². The summed E-state index contributed by atoms with van der Waals surface area (Å²) in [5.41, 5.74) is 9.37. The Balaban J connectivity index is 0.00000343. The number of hydrogen-bond acceptors (Lipinski definition) is 2. The van der Waals surface area contributed by atoms with Crippen molar-refractivity contribution in [2.75, 3.05) is 0 Å². The van der Waals surface area contributed by atoms with Crippen LogP contribution in [-0.4, -0.2) is 19.6 Å². The minimum atomic E-state index is -0.422. The predicted octanol–water partition coefficient (Wildman–Crippen LogP) is 8.88. The van der Waals surface area contributed by atoms with Gasteiger partial charge in [-0.1, -0.05) is 102 Å². The molecule has 8 bridgehead atoms. The summed E-state index contributed by atoms with van der Waals surface area (Å²) in [6.07, 6.45) is 4.33. The number of nitrogens with zero attached hydrogens (tertiary/aromatic N) is 4. The van der Waals surface area contributed by atoms with Crippen LogP contribution >= 0.6 is 0 Å². The molecule has 1 aliphatic rings. The second kappa shape index (κ2) is 10.9. The van der Waals surface area contributed by atoms with E-state index in [4.69, 9.17) is 10.2 Å². The molecule has 0 aliphatic carbocycles. The fourth-order valence-corrected chi connectivity index (χ4v) is 6.22. The minimum Gasteiger partial charge on any atom is -0.265 e. The van der Waals surface area contributed by atoms with Gasteiger partial charge < -0.3 is 0 Å². The van der Waals surface area contributed by atoms with Crippen LogP contribution in [0.25, 0.3) is 33.6 Å². The maximum absolute atomic E-state index is 5.36. The number of rotatable bonds is 2. The standard InChI is InChI=1S/C39H36N4.Pt/c1-37(2)29-19-13-21-31(23-29)42-25-33(27-15-9-7-10-16-27)35(40-42)38(3,4)39(5,6)36-34(28-17-11-8-12-18-28)26-43(41-36)32-22-14-20-30(37)24-32;/h7-22,25-26H,1-6H3;/q-2;+2. The maximum atomic E-state index is 5.36. The first-order valence-corrected chi connectivity index (χ1v) is 14.9. The molecule has 3 heterocycles. The molecule has 0 atom stereocenters. The van der Waals surface area contributed by atoms with E-state index in [2.05, 4.69) is 163 Å². The van der Waals surface area contributed by atoms with Crippen molar-refractivity contribution in [1.82, 2.24) is 19.6 Å². The van der Waals surface area contributed by atoms with Crippen LogP contribution in [0.3, 0.4) is 0 Å². The molecule has 0 amide bonds. The smallest absolute Gasteiger partial charge is 0.265 e. The third-order valence-electron chi connectivity index (χ3n) is 9.74. The van der Waals surface area contributed by atoms with Gasteiger partial charge in [-0.25, -0.2) is 0 Å². The molecule has 44 heavy (non-hydrogen) atoms. The summed E-state index contributed by atoms with van der Waals surface area (Å²) >= 11 is 0. The molecule has 0 radical (unpaired) electrons. The van der Waals surface area contributed by atoms with Crippen LogP contribution in [-0.2, 0) is 37.3 Å². The van der Waals surface area contributed by atoms with E-state index in [-0.39, 0.29) is 26.5 Å². The Labute approximate surface area is 275 Å². The molecule has 0 fully saturated rings. The van der Waals surface area contributed by atoms with Crippen LogP contribution in [0.1, 0.15) is 64.1 Å². The summed E-state index contributed by atoms with van der Waals surface area (Å²) in [5.74, 6) is 0. The summed E-state index contributed by atoms with van der Waals surface area (Å²) in [7, 11) is 0. The number of hydrogen-bond donors (Lipinski definition) is 0. The van der Waals surface area contributed by atoms with Gasteiger partial charge in [0.1, 0.15) is 0 Å². The predicted molar refractivity (Wildman–Crippen MR) is 174 cm³/mol. The molecule has 4 nitrogen and oxygen atoms in total. The Hall–Kier alpha value is -4.01. The largest absolute Gasteiger partial charge is 2.00 e. The third-order valence-corrected chi connectivity index (χ3v) is 9.74. The van der Waals surface area contributed by atoms with Gasteiger partial charge in [0.15, 0.2) is 0 Å². The van der Waals surface area contributed by atoms with E-state index in [9.17, 15) is 0 Å². The van der Waals surface area contributed by atoms with E-state index < -0.39 is 10.8 Å².